The van der Waals surface area contributed by atoms with Crippen LogP contribution in [0.1, 0.15) is 18.0 Å². The van der Waals surface area contributed by atoms with Crippen LogP contribution in [0.3, 0.4) is 0 Å². The predicted octanol–water partition coefficient (Wildman–Crippen LogP) is 1.70. The molecule has 1 aromatic carbocycles. The third-order valence-electron chi connectivity index (χ3n) is 3.27. The van der Waals surface area contributed by atoms with Gasteiger partial charge in [-0.05, 0) is 6.07 Å². The average Bonchev–Trinajstić information content (AvgIpc) is 2.45. The summed E-state index contributed by atoms with van der Waals surface area (Å²) in [5.74, 6) is -0.569. The zero-order chi connectivity index (χ0) is 14.3. The van der Waals surface area contributed by atoms with E-state index in [0.29, 0.717) is 24.3 Å². The summed E-state index contributed by atoms with van der Waals surface area (Å²) >= 11 is 5.46. The number of rotatable bonds is 1. The summed E-state index contributed by atoms with van der Waals surface area (Å²) < 4.78 is 19.9. The van der Waals surface area contributed by atoms with Crippen LogP contribution in [0.15, 0.2) is 33.9 Å². The molecule has 0 amide bonds. The van der Waals surface area contributed by atoms with Gasteiger partial charge in [0.05, 0.1) is 12.6 Å². The van der Waals surface area contributed by atoms with Crippen molar-refractivity contribution in [2.24, 2.45) is 0 Å². The lowest BCUT2D eigenvalue weighted by atomic mass is 10.0. The molecule has 1 N–H and O–H groups in total. The number of halogens is 2. The Morgan fingerprint density at radius 2 is 2.10 bits per heavy atom. The minimum absolute atomic E-state index is 0.345. The van der Waals surface area contributed by atoms with E-state index in [4.69, 9.17) is 16.3 Å². The van der Waals surface area contributed by atoms with Crippen molar-refractivity contribution in [1.82, 2.24) is 9.55 Å². The molecule has 2 aromatic rings. The van der Waals surface area contributed by atoms with Crippen LogP contribution in [0.2, 0.25) is 5.15 Å². The smallest absolute Gasteiger partial charge is 0.330 e. The molecule has 1 aromatic heterocycles. The first-order chi connectivity index (χ1) is 9.59. The molecule has 2 heterocycles. The molecule has 0 saturated carbocycles. The number of ether oxygens (including phenoxy) is 1. The average molecular weight is 297 g/mol. The van der Waals surface area contributed by atoms with E-state index in [-0.39, 0.29) is 0 Å². The van der Waals surface area contributed by atoms with Gasteiger partial charge < -0.3 is 4.74 Å². The van der Waals surface area contributed by atoms with Crippen molar-refractivity contribution in [2.75, 3.05) is 6.61 Å². The van der Waals surface area contributed by atoms with Crippen LogP contribution in [-0.2, 0) is 0 Å². The van der Waals surface area contributed by atoms with Gasteiger partial charge in [-0.3, -0.25) is 9.78 Å². The van der Waals surface area contributed by atoms with Gasteiger partial charge in [0.2, 0.25) is 5.82 Å². The number of aromatic amines is 1. The van der Waals surface area contributed by atoms with Gasteiger partial charge in [-0.25, -0.2) is 9.36 Å². The number of benzene rings is 1. The molecule has 1 unspecified atom stereocenters. The highest BCUT2D eigenvalue weighted by molar-refractivity contribution is 6.29. The minimum atomic E-state index is -1.16. The van der Waals surface area contributed by atoms with Gasteiger partial charge in [0, 0.05) is 12.0 Å². The second kappa shape index (κ2) is 4.79. The van der Waals surface area contributed by atoms with E-state index in [1.807, 2.05) is 0 Å². The molecule has 1 aliphatic heterocycles. The standard InChI is InChI=1S/C13H10ClFN2O3/c14-11-10(15)12(18)17(13(19)16-11)8-5-6-20-9-4-2-1-3-7(8)9/h1-4,8H,5-6H2,(H,16,19). The van der Waals surface area contributed by atoms with E-state index in [2.05, 4.69) is 4.98 Å². The minimum Gasteiger partial charge on any atom is -0.493 e. The van der Waals surface area contributed by atoms with Gasteiger partial charge in [-0.1, -0.05) is 29.8 Å². The molecule has 1 atom stereocenters. The largest absolute Gasteiger partial charge is 0.493 e. The molecule has 0 aliphatic carbocycles. The number of nitrogens with one attached hydrogen (secondary N) is 1. The van der Waals surface area contributed by atoms with Crippen molar-refractivity contribution in [2.45, 2.75) is 12.5 Å². The van der Waals surface area contributed by atoms with E-state index in [1.54, 1.807) is 24.3 Å². The molecular formula is C13H10ClFN2O3. The monoisotopic (exact) mass is 296 g/mol. The Labute approximate surface area is 117 Å². The number of H-pyrrole nitrogens is 1. The van der Waals surface area contributed by atoms with Crippen molar-refractivity contribution >= 4 is 11.6 Å². The third kappa shape index (κ3) is 1.92. The molecule has 3 rings (SSSR count). The Bertz CT molecular complexity index is 784. The number of hydrogen-bond donors (Lipinski definition) is 1. The molecule has 0 bridgehead atoms. The zero-order valence-corrected chi connectivity index (χ0v) is 11.0. The lowest BCUT2D eigenvalue weighted by Crippen LogP contribution is -2.41. The predicted molar refractivity (Wildman–Crippen MR) is 71.0 cm³/mol. The van der Waals surface area contributed by atoms with Crippen LogP contribution in [0.5, 0.6) is 5.75 Å². The van der Waals surface area contributed by atoms with Gasteiger partial charge in [0.25, 0.3) is 5.56 Å². The summed E-state index contributed by atoms with van der Waals surface area (Å²) in [6.45, 7) is 0.345. The fourth-order valence-electron chi connectivity index (χ4n) is 2.38. The topological polar surface area (TPSA) is 64.1 Å². The van der Waals surface area contributed by atoms with Crippen LogP contribution in [-0.4, -0.2) is 16.2 Å². The summed E-state index contributed by atoms with van der Waals surface area (Å²) in [6, 6.07) is 6.48. The second-order valence-electron chi connectivity index (χ2n) is 4.42. The Kier molecular flexibility index (Phi) is 3.10. The van der Waals surface area contributed by atoms with Crippen LogP contribution in [0.25, 0.3) is 0 Å². The summed E-state index contributed by atoms with van der Waals surface area (Å²) in [5.41, 5.74) is -1.09. The normalized spacial score (nSPS) is 17.4. The van der Waals surface area contributed by atoms with Crippen LogP contribution < -0.4 is 16.0 Å². The maximum Gasteiger partial charge on any atom is 0.330 e. The number of aromatic nitrogens is 2. The van der Waals surface area contributed by atoms with Crippen molar-refractivity contribution in [3.05, 3.63) is 61.6 Å². The van der Waals surface area contributed by atoms with E-state index in [9.17, 15) is 14.0 Å². The SMILES string of the molecule is O=c1[nH]c(Cl)c(F)c(=O)n1C1CCOc2ccccc21. The number of fused-ring (bicyclic) bond motifs is 1. The lowest BCUT2D eigenvalue weighted by Gasteiger charge is -2.26. The molecule has 0 fully saturated rings. The van der Waals surface area contributed by atoms with Crippen LogP contribution in [0, 0.1) is 5.82 Å². The Balaban J connectivity index is 2.24. The summed E-state index contributed by atoms with van der Waals surface area (Å²) in [4.78, 5) is 26.0. The Morgan fingerprint density at radius 3 is 2.90 bits per heavy atom. The number of hydrogen-bond acceptors (Lipinski definition) is 3. The second-order valence-corrected chi connectivity index (χ2v) is 4.80. The van der Waals surface area contributed by atoms with Gasteiger partial charge in [0.15, 0.2) is 5.15 Å². The van der Waals surface area contributed by atoms with Gasteiger partial charge in [-0.15, -0.1) is 0 Å². The highest BCUT2D eigenvalue weighted by Crippen LogP contribution is 2.32. The van der Waals surface area contributed by atoms with Crippen LogP contribution in [0.4, 0.5) is 4.39 Å². The van der Waals surface area contributed by atoms with Crippen molar-refractivity contribution < 1.29 is 9.13 Å². The highest BCUT2D eigenvalue weighted by atomic mass is 35.5. The van der Waals surface area contributed by atoms with Crippen molar-refractivity contribution in [1.29, 1.82) is 0 Å². The highest BCUT2D eigenvalue weighted by Gasteiger charge is 2.27. The van der Waals surface area contributed by atoms with E-state index in [1.165, 1.54) is 0 Å². The number of para-hydroxylation sites is 1. The van der Waals surface area contributed by atoms with Gasteiger partial charge in [-0.2, -0.15) is 4.39 Å². The number of nitrogens with zero attached hydrogens (tertiary/aromatic N) is 1. The molecule has 7 heteroatoms. The van der Waals surface area contributed by atoms with Crippen molar-refractivity contribution in [3.63, 3.8) is 0 Å². The molecule has 5 nitrogen and oxygen atoms in total. The summed E-state index contributed by atoms with van der Waals surface area (Å²) in [5, 5.41) is -0.573. The molecule has 0 radical (unpaired) electrons. The molecule has 0 saturated heterocycles. The maximum absolute atomic E-state index is 13.6. The fraction of sp³-hybridized carbons (Fsp3) is 0.231. The molecular weight excluding hydrogens is 287 g/mol. The maximum atomic E-state index is 13.6. The van der Waals surface area contributed by atoms with Gasteiger partial charge in [0.1, 0.15) is 5.75 Å². The molecule has 104 valence electrons. The van der Waals surface area contributed by atoms with E-state index >= 15 is 0 Å². The molecule has 1 aliphatic rings. The van der Waals surface area contributed by atoms with Crippen molar-refractivity contribution in [3.8, 4) is 5.75 Å². The Morgan fingerprint density at radius 1 is 1.35 bits per heavy atom. The third-order valence-corrected chi connectivity index (χ3v) is 3.53. The van der Waals surface area contributed by atoms with Gasteiger partial charge >= 0.3 is 5.69 Å². The zero-order valence-electron chi connectivity index (χ0n) is 10.2. The first kappa shape index (κ1) is 12.9. The molecule has 0 spiro atoms. The van der Waals surface area contributed by atoms with E-state index in [0.717, 1.165) is 4.57 Å². The Hall–Kier alpha value is -2.08. The first-order valence-electron chi connectivity index (χ1n) is 6.01. The molecule has 20 heavy (non-hydrogen) atoms. The van der Waals surface area contributed by atoms with E-state index < -0.39 is 28.3 Å². The van der Waals surface area contributed by atoms with Crippen LogP contribution >= 0.6 is 11.6 Å². The first-order valence-corrected chi connectivity index (χ1v) is 6.39. The fourth-order valence-corrected chi connectivity index (χ4v) is 2.54. The quantitative estimate of drug-likeness (QED) is 0.815. The summed E-state index contributed by atoms with van der Waals surface area (Å²) in [6.07, 6.45) is 0.404. The summed E-state index contributed by atoms with van der Waals surface area (Å²) in [7, 11) is 0. The lowest BCUT2D eigenvalue weighted by molar-refractivity contribution is 0.251.